The third-order valence-electron chi connectivity index (χ3n) is 3.31. The molecule has 0 aliphatic heterocycles. The Bertz CT molecular complexity index is 867. The molecule has 0 aromatic carbocycles. The highest BCUT2D eigenvalue weighted by Gasteiger charge is 2.32. The van der Waals surface area contributed by atoms with Crippen molar-refractivity contribution < 1.29 is 4.79 Å². The van der Waals surface area contributed by atoms with E-state index in [1.807, 2.05) is 17.5 Å². The molecule has 0 aliphatic carbocycles. The third kappa shape index (κ3) is 3.08. The number of carbonyl (C=O) groups is 1. The first-order valence-electron chi connectivity index (χ1n) is 6.84. The lowest BCUT2D eigenvalue weighted by Crippen LogP contribution is -2.47. The van der Waals surface area contributed by atoms with Gasteiger partial charge in [-0.25, -0.2) is 9.67 Å². The summed E-state index contributed by atoms with van der Waals surface area (Å²) in [4.78, 5) is 29.7. The van der Waals surface area contributed by atoms with Crippen LogP contribution in [-0.4, -0.2) is 20.7 Å². The summed E-state index contributed by atoms with van der Waals surface area (Å²) < 4.78 is 1.21. The first-order valence-corrected chi connectivity index (χ1v) is 8.60. The van der Waals surface area contributed by atoms with Gasteiger partial charge in [0.2, 0.25) is 0 Å². The van der Waals surface area contributed by atoms with E-state index < -0.39 is 5.54 Å². The molecule has 3 aromatic rings. The molecule has 23 heavy (non-hydrogen) atoms. The lowest BCUT2D eigenvalue weighted by molar-refractivity contribution is -0.123. The molecule has 3 rings (SSSR count). The number of thiophene rings is 1. The van der Waals surface area contributed by atoms with E-state index >= 15 is 0 Å². The molecular formula is C15H14N4O2S2. The number of hydrogen-bond donors (Lipinski definition) is 1. The molecule has 0 fully saturated rings. The van der Waals surface area contributed by atoms with Gasteiger partial charge in [-0.15, -0.1) is 22.7 Å². The van der Waals surface area contributed by atoms with Crippen LogP contribution in [0.1, 0.15) is 13.8 Å². The fraction of sp³-hybridized carbons (Fsp3) is 0.200. The van der Waals surface area contributed by atoms with Gasteiger partial charge in [-0.1, -0.05) is 6.07 Å². The highest BCUT2D eigenvalue weighted by Crippen LogP contribution is 2.23. The first-order chi connectivity index (χ1) is 11.0. The number of rotatable bonds is 4. The Labute approximate surface area is 140 Å². The highest BCUT2D eigenvalue weighted by atomic mass is 32.1. The molecule has 3 heterocycles. The minimum atomic E-state index is -1.14. The van der Waals surface area contributed by atoms with Crippen molar-refractivity contribution in [3.05, 3.63) is 51.6 Å². The van der Waals surface area contributed by atoms with Gasteiger partial charge < -0.3 is 0 Å². The van der Waals surface area contributed by atoms with Crippen molar-refractivity contribution in [2.45, 2.75) is 19.4 Å². The minimum Gasteiger partial charge on any atom is -0.300 e. The van der Waals surface area contributed by atoms with Gasteiger partial charge in [0, 0.05) is 17.6 Å². The van der Waals surface area contributed by atoms with Crippen LogP contribution >= 0.6 is 22.7 Å². The zero-order valence-electron chi connectivity index (χ0n) is 12.5. The molecule has 0 aliphatic rings. The number of nitrogens with one attached hydrogen (secondary N) is 1. The van der Waals surface area contributed by atoms with E-state index in [0.29, 0.717) is 10.8 Å². The zero-order chi connectivity index (χ0) is 16.4. The van der Waals surface area contributed by atoms with Crippen LogP contribution in [0.25, 0.3) is 10.6 Å². The molecule has 1 amide bonds. The second-order valence-electron chi connectivity index (χ2n) is 5.30. The van der Waals surface area contributed by atoms with Crippen LogP contribution in [0.2, 0.25) is 0 Å². The number of hydrogen-bond acceptors (Lipinski definition) is 6. The molecule has 1 N–H and O–H groups in total. The molecular weight excluding hydrogens is 332 g/mol. The first kappa shape index (κ1) is 15.6. The maximum atomic E-state index is 12.5. The van der Waals surface area contributed by atoms with Crippen molar-refractivity contribution in [2.75, 3.05) is 5.32 Å². The molecule has 0 spiro atoms. The van der Waals surface area contributed by atoms with Gasteiger partial charge in [-0.05, 0) is 31.4 Å². The standard InChI is InChI=1S/C15H14N4O2S2/c1-15(2,13(21)17-14-16-7-9-23-14)19-12(20)6-5-10(18-19)11-4-3-8-22-11/h3-9H,1-2H3,(H,16,17,21). The van der Waals surface area contributed by atoms with Gasteiger partial charge in [0.15, 0.2) is 5.13 Å². The summed E-state index contributed by atoms with van der Waals surface area (Å²) in [6.07, 6.45) is 1.61. The van der Waals surface area contributed by atoms with E-state index in [9.17, 15) is 9.59 Å². The molecule has 118 valence electrons. The smallest absolute Gasteiger partial charge is 0.267 e. The molecule has 0 saturated carbocycles. The van der Waals surface area contributed by atoms with Crippen molar-refractivity contribution in [1.29, 1.82) is 0 Å². The average Bonchev–Trinajstić information content (AvgIpc) is 3.20. The summed E-state index contributed by atoms with van der Waals surface area (Å²) in [5.41, 5.74) is -0.810. The predicted octanol–water partition coefficient (Wildman–Crippen LogP) is 2.80. The Hall–Kier alpha value is -2.32. The van der Waals surface area contributed by atoms with Crippen molar-refractivity contribution in [1.82, 2.24) is 14.8 Å². The number of nitrogens with zero attached hydrogens (tertiary/aromatic N) is 3. The summed E-state index contributed by atoms with van der Waals surface area (Å²) >= 11 is 2.85. The topological polar surface area (TPSA) is 76.9 Å². The van der Waals surface area contributed by atoms with Gasteiger partial charge in [-0.2, -0.15) is 5.10 Å². The summed E-state index contributed by atoms with van der Waals surface area (Å²) in [6.45, 7) is 3.31. The number of thiazole rings is 1. The maximum absolute atomic E-state index is 12.5. The molecule has 3 aromatic heterocycles. The van der Waals surface area contributed by atoms with Crippen LogP contribution in [0.5, 0.6) is 0 Å². The van der Waals surface area contributed by atoms with E-state index in [4.69, 9.17) is 0 Å². The molecule has 0 saturated heterocycles. The second kappa shape index (κ2) is 6.05. The van der Waals surface area contributed by atoms with Crippen LogP contribution in [0.15, 0.2) is 46.0 Å². The van der Waals surface area contributed by atoms with E-state index in [2.05, 4.69) is 15.4 Å². The Kier molecular flexibility index (Phi) is 4.10. The van der Waals surface area contributed by atoms with Crippen molar-refractivity contribution in [3.63, 3.8) is 0 Å². The van der Waals surface area contributed by atoms with Crippen LogP contribution < -0.4 is 10.9 Å². The van der Waals surface area contributed by atoms with Gasteiger partial charge in [0.25, 0.3) is 11.5 Å². The van der Waals surface area contributed by atoms with Crippen LogP contribution in [0, 0.1) is 0 Å². The molecule has 0 unspecified atom stereocenters. The molecule has 8 heteroatoms. The fourth-order valence-electron chi connectivity index (χ4n) is 2.00. The van der Waals surface area contributed by atoms with Gasteiger partial charge in [-0.3, -0.25) is 14.9 Å². The summed E-state index contributed by atoms with van der Waals surface area (Å²) in [5, 5.41) is 11.3. The summed E-state index contributed by atoms with van der Waals surface area (Å²) in [5.74, 6) is -0.342. The fourth-order valence-corrected chi connectivity index (χ4v) is 3.21. The van der Waals surface area contributed by atoms with E-state index in [-0.39, 0.29) is 11.5 Å². The molecule has 0 radical (unpaired) electrons. The number of anilines is 1. The largest absolute Gasteiger partial charge is 0.300 e. The minimum absolute atomic E-state index is 0.329. The quantitative estimate of drug-likeness (QED) is 0.788. The van der Waals surface area contributed by atoms with Crippen LogP contribution in [0.4, 0.5) is 5.13 Å². The van der Waals surface area contributed by atoms with Crippen molar-refractivity contribution >= 4 is 33.7 Å². The highest BCUT2D eigenvalue weighted by molar-refractivity contribution is 7.14. The summed E-state index contributed by atoms with van der Waals surface area (Å²) in [6, 6.07) is 6.93. The van der Waals surface area contributed by atoms with Gasteiger partial charge in [0.1, 0.15) is 11.2 Å². The van der Waals surface area contributed by atoms with E-state index in [1.165, 1.54) is 33.4 Å². The average molecular weight is 346 g/mol. The third-order valence-corrected chi connectivity index (χ3v) is 4.89. The Morgan fingerprint density at radius 1 is 1.22 bits per heavy atom. The number of amides is 1. The monoisotopic (exact) mass is 346 g/mol. The zero-order valence-corrected chi connectivity index (χ0v) is 14.1. The lowest BCUT2D eigenvalue weighted by Gasteiger charge is -2.24. The predicted molar refractivity (Wildman–Crippen MR) is 91.9 cm³/mol. The van der Waals surface area contributed by atoms with Crippen molar-refractivity contribution in [2.24, 2.45) is 0 Å². The van der Waals surface area contributed by atoms with Crippen LogP contribution in [0.3, 0.4) is 0 Å². The number of aromatic nitrogens is 3. The molecule has 0 atom stereocenters. The maximum Gasteiger partial charge on any atom is 0.267 e. The van der Waals surface area contributed by atoms with Crippen molar-refractivity contribution in [3.8, 4) is 10.6 Å². The van der Waals surface area contributed by atoms with E-state index in [0.717, 1.165) is 4.88 Å². The van der Waals surface area contributed by atoms with Crippen LogP contribution in [-0.2, 0) is 10.3 Å². The molecule has 6 nitrogen and oxygen atoms in total. The normalized spacial score (nSPS) is 11.4. The second-order valence-corrected chi connectivity index (χ2v) is 7.14. The Morgan fingerprint density at radius 2 is 2.04 bits per heavy atom. The van der Waals surface area contributed by atoms with Gasteiger partial charge in [0.05, 0.1) is 4.88 Å². The Morgan fingerprint density at radius 3 is 2.70 bits per heavy atom. The number of carbonyl (C=O) groups excluding carboxylic acids is 1. The lowest BCUT2D eigenvalue weighted by atomic mass is 10.1. The van der Waals surface area contributed by atoms with Gasteiger partial charge >= 0.3 is 0 Å². The Balaban J connectivity index is 1.97. The van der Waals surface area contributed by atoms with E-state index in [1.54, 1.807) is 31.5 Å². The molecule has 0 bridgehead atoms. The summed E-state index contributed by atoms with van der Waals surface area (Å²) in [7, 11) is 0. The SMILES string of the molecule is CC(C)(C(=O)Nc1nccs1)n1nc(-c2cccs2)ccc1=O.